The number of furan rings is 1. The van der Waals surface area contributed by atoms with Gasteiger partial charge in [0, 0.05) is 23.9 Å². The molecule has 0 spiro atoms. The van der Waals surface area contributed by atoms with Crippen LogP contribution < -0.4 is 20.5 Å². The van der Waals surface area contributed by atoms with E-state index < -0.39 is 17.7 Å². The number of nitrogens with one attached hydrogen (secondary N) is 2. The number of nitrogens with zero attached hydrogens (tertiary/aromatic N) is 1. The fourth-order valence-corrected chi connectivity index (χ4v) is 3.74. The highest BCUT2D eigenvalue weighted by Crippen LogP contribution is 2.33. The molecule has 4 rings (SSSR count). The van der Waals surface area contributed by atoms with Gasteiger partial charge in [-0.1, -0.05) is 30.3 Å². The highest BCUT2D eigenvalue weighted by molar-refractivity contribution is 6.02. The van der Waals surface area contributed by atoms with Crippen LogP contribution in [-0.4, -0.2) is 30.9 Å². The molecule has 2 N–H and O–H groups in total. The molecule has 2 heterocycles. The van der Waals surface area contributed by atoms with Gasteiger partial charge < -0.3 is 14.1 Å². The van der Waals surface area contributed by atoms with Gasteiger partial charge in [0.1, 0.15) is 11.3 Å². The maximum absolute atomic E-state index is 12.6. The van der Waals surface area contributed by atoms with Crippen LogP contribution in [0, 0.1) is 12.8 Å². The van der Waals surface area contributed by atoms with Crippen LogP contribution in [0.1, 0.15) is 29.5 Å². The van der Waals surface area contributed by atoms with E-state index in [0.717, 1.165) is 5.39 Å². The fourth-order valence-electron chi connectivity index (χ4n) is 3.74. The smallest absolute Gasteiger partial charge is 0.305 e. The molecule has 2 aromatic carbocycles. The third-order valence-electron chi connectivity index (χ3n) is 5.30. The second kappa shape index (κ2) is 8.51. The molecule has 0 bridgehead atoms. The summed E-state index contributed by atoms with van der Waals surface area (Å²) in [6.45, 7) is 4.32. The van der Waals surface area contributed by atoms with Crippen molar-refractivity contribution in [3.05, 3.63) is 59.9 Å². The minimum absolute atomic E-state index is 0.0474. The van der Waals surface area contributed by atoms with Crippen LogP contribution in [-0.2, 0) is 9.59 Å². The van der Waals surface area contributed by atoms with E-state index in [1.165, 1.54) is 0 Å². The summed E-state index contributed by atoms with van der Waals surface area (Å²) < 4.78 is 11.2. The molecule has 1 aromatic heterocycles. The zero-order valence-corrected chi connectivity index (χ0v) is 17.3. The van der Waals surface area contributed by atoms with Crippen molar-refractivity contribution < 1.29 is 23.5 Å². The summed E-state index contributed by atoms with van der Waals surface area (Å²) in [5.41, 5.74) is 6.73. The molecule has 0 aliphatic carbocycles. The zero-order valence-electron chi connectivity index (χ0n) is 17.3. The van der Waals surface area contributed by atoms with Gasteiger partial charge in [0.05, 0.1) is 18.2 Å². The number of hydrogen-bond donors (Lipinski definition) is 2. The number of hydrogen-bond acceptors (Lipinski definition) is 5. The number of amides is 3. The first kappa shape index (κ1) is 20.5. The SMILES string of the molecule is CCOc1ccccc1N1C[C@H](C(=O)NNC(=O)c2oc3ccccc3c2C)CC1=O. The van der Waals surface area contributed by atoms with E-state index in [0.29, 0.717) is 29.2 Å². The Labute approximate surface area is 179 Å². The van der Waals surface area contributed by atoms with Crippen LogP contribution in [0.3, 0.4) is 0 Å². The molecule has 31 heavy (non-hydrogen) atoms. The zero-order chi connectivity index (χ0) is 22.0. The molecule has 0 radical (unpaired) electrons. The van der Waals surface area contributed by atoms with Crippen molar-refractivity contribution in [3.63, 3.8) is 0 Å². The third kappa shape index (κ3) is 3.96. The topological polar surface area (TPSA) is 101 Å². The second-order valence-corrected chi connectivity index (χ2v) is 7.30. The lowest BCUT2D eigenvalue weighted by Gasteiger charge is -2.20. The molecule has 1 saturated heterocycles. The Balaban J connectivity index is 1.41. The largest absolute Gasteiger partial charge is 0.492 e. The van der Waals surface area contributed by atoms with Crippen molar-refractivity contribution in [2.24, 2.45) is 5.92 Å². The van der Waals surface area contributed by atoms with Gasteiger partial charge in [0.15, 0.2) is 5.76 Å². The number of aryl methyl sites for hydroxylation is 1. The summed E-state index contributed by atoms with van der Waals surface area (Å²) >= 11 is 0. The summed E-state index contributed by atoms with van der Waals surface area (Å²) in [6, 6.07) is 14.5. The van der Waals surface area contributed by atoms with E-state index in [4.69, 9.17) is 9.15 Å². The van der Waals surface area contributed by atoms with Gasteiger partial charge in [0.2, 0.25) is 11.8 Å². The summed E-state index contributed by atoms with van der Waals surface area (Å²) in [6.07, 6.45) is 0.0474. The normalized spacial score (nSPS) is 15.9. The van der Waals surface area contributed by atoms with Gasteiger partial charge in [-0.25, -0.2) is 0 Å². The molecule has 0 unspecified atom stereocenters. The first-order valence-corrected chi connectivity index (χ1v) is 10.1. The van der Waals surface area contributed by atoms with E-state index in [1.54, 1.807) is 30.0 Å². The molecule has 3 amide bonds. The Morgan fingerprint density at radius 1 is 1.13 bits per heavy atom. The van der Waals surface area contributed by atoms with Crippen molar-refractivity contribution >= 4 is 34.4 Å². The predicted octanol–water partition coefficient (Wildman–Crippen LogP) is 2.95. The summed E-state index contributed by atoms with van der Waals surface area (Å²) in [5, 5.41) is 0.837. The van der Waals surface area contributed by atoms with Gasteiger partial charge in [0.25, 0.3) is 0 Å². The van der Waals surface area contributed by atoms with E-state index in [-0.39, 0.29) is 24.6 Å². The molecular weight excluding hydrogens is 398 g/mol. The van der Waals surface area contributed by atoms with Crippen molar-refractivity contribution in [2.75, 3.05) is 18.1 Å². The number of hydrazine groups is 1. The summed E-state index contributed by atoms with van der Waals surface area (Å²) in [5.74, 6) is -1.04. The van der Waals surface area contributed by atoms with Gasteiger partial charge >= 0.3 is 5.91 Å². The van der Waals surface area contributed by atoms with Gasteiger partial charge in [-0.3, -0.25) is 25.2 Å². The molecule has 1 fully saturated rings. The molecule has 160 valence electrons. The minimum Gasteiger partial charge on any atom is -0.492 e. The lowest BCUT2D eigenvalue weighted by atomic mass is 10.1. The van der Waals surface area contributed by atoms with Crippen LogP contribution in [0.2, 0.25) is 0 Å². The second-order valence-electron chi connectivity index (χ2n) is 7.30. The van der Waals surface area contributed by atoms with Crippen molar-refractivity contribution in [1.82, 2.24) is 10.9 Å². The molecule has 3 aromatic rings. The van der Waals surface area contributed by atoms with Crippen molar-refractivity contribution in [2.45, 2.75) is 20.3 Å². The number of ether oxygens (including phenoxy) is 1. The number of para-hydroxylation sites is 3. The molecule has 8 nitrogen and oxygen atoms in total. The average molecular weight is 421 g/mol. The van der Waals surface area contributed by atoms with Crippen LogP contribution in [0.15, 0.2) is 52.9 Å². The number of carbonyl (C=O) groups is 3. The van der Waals surface area contributed by atoms with Crippen molar-refractivity contribution in [1.29, 1.82) is 0 Å². The third-order valence-corrected chi connectivity index (χ3v) is 5.30. The molecule has 1 atom stereocenters. The maximum atomic E-state index is 12.6. The Morgan fingerprint density at radius 2 is 1.87 bits per heavy atom. The molecule has 0 saturated carbocycles. The maximum Gasteiger partial charge on any atom is 0.305 e. The first-order valence-electron chi connectivity index (χ1n) is 10.1. The highest BCUT2D eigenvalue weighted by atomic mass is 16.5. The molecular formula is C23H23N3O5. The first-order chi connectivity index (χ1) is 15.0. The Hall–Kier alpha value is -3.81. The van der Waals surface area contributed by atoms with E-state index in [2.05, 4.69) is 10.9 Å². The van der Waals surface area contributed by atoms with Crippen LogP contribution in [0.4, 0.5) is 5.69 Å². The van der Waals surface area contributed by atoms with Gasteiger partial charge in [-0.2, -0.15) is 0 Å². The van der Waals surface area contributed by atoms with E-state index >= 15 is 0 Å². The standard InChI is InChI=1S/C23H23N3O5/c1-3-30-19-11-7-5-9-17(19)26-13-15(12-20(26)27)22(28)24-25-23(29)21-14(2)16-8-4-6-10-18(16)31-21/h4-11,15H,3,12-13H2,1-2H3,(H,24,28)(H,25,29)/t15-/m1/s1. The molecule has 8 heteroatoms. The fraction of sp³-hybridized carbons (Fsp3) is 0.261. The molecule has 1 aliphatic heterocycles. The molecule has 1 aliphatic rings. The number of fused-ring (bicyclic) bond motifs is 1. The Bertz CT molecular complexity index is 1150. The number of carbonyl (C=O) groups excluding carboxylic acids is 3. The van der Waals surface area contributed by atoms with Crippen LogP contribution >= 0.6 is 0 Å². The minimum atomic E-state index is -0.598. The number of rotatable bonds is 5. The van der Waals surface area contributed by atoms with Crippen LogP contribution in [0.5, 0.6) is 5.75 Å². The average Bonchev–Trinajstić information content (AvgIpc) is 3.33. The van der Waals surface area contributed by atoms with E-state index in [1.807, 2.05) is 37.3 Å². The monoisotopic (exact) mass is 421 g/mol. The quantitative estimate of drug-likeness (QED) is 0.617. The summed E-state index contributed by atoms with van der Waals surface area (Å²) in [7, 11) is 0. The van der Waals surface area contributed by atoms with Gasteiger partial charge in [-0.15, -0.1) is 0 Å². The predicted molar refractivity (Wildman–Crippen MR) is 115 cm³/mol. The van der Waals surface area contributed by atoms with Crippen LogP contribution in [0.25, 0.3) is 11.0 Å². The Kier molecular flexibility index (Phi) is 5.62. The van der Waals surface area contributed by atoms with Crippen molar-refractivity contribution in [3.8, 4) is 5.75 Å². The lowest BCUT2D eigenvalue weighted by Crippen LogP contribution is -2.45. The lowest BCUT2D eigenvalue weighted by molar-refractivity contribution is -0.126. The number of anilines is 1. The summed E-state index contributed by atoms with van der Waals surface area (Å²) in [4.78, 5) is 39.2. The number of benzene rings is 2. The van der Waals surface area contributed by atoms with E-state index in [9.17, 15) is 14.4 Å². The Morgan fingerprint density at radius 3 is 2.65 bits per heavy atom. The highest BCUT2D eigenvalue weighted by Gasteiger charge is 2.36. The van der Waals surface area contributed by atoms with Gasteiger partial charge in [-0.05, 0) is 32.0 Å².